The molecule has 2 aromatic carbocycles. The normalized spacial score (nSPS) is 10.7. The summed E-state index contributed by atoms with van der Waals surface area (Å²) in [5, 5.41) is -0.0482. The fraction of sp³-hybridized carbons (Fsp3) is 0.250. The summed E-state index contributed by atoms with van der Waals surface area (Å²) in [6.45, 7) is 11.5. The van der Waals surface area contributed by atoms with Crippen LogP contribution in [0, 0.1) is 0 Å². The Labute approximate surface area is 252 Å². The van der Waals surface area contributed by atoms with Crippen molar-refractivity contribution in [1.82, 2.24) is 0 Å². The van der Waals surface area contributed by atoms with Crippen molar-refractivity contribution in [3.8, 4) is 11.5 Å². The molecule has 0 amide bonds. The third kappa shape index (κ3) is 10.2. The minimum atomic E-state index is -0.0241. The van der Waals surface area contributed by atoms with E-state index in [4.69, 9.17) is 9.47 Å². The monoisotopic (exact) mass is 786 g/mol. The smallest absolute Gasteiger partial charge is 0.214 e. The molecule has 0 aromatic heterocycles. The standard InChI is InChI=1S/C24H22Br4O4S3/c1-13(2)23(29)33-7-5-31-21-17(25)9-15(10-18(21)26)35-16-11-19(27)22(20(28)12-16)32-6-8-34-24(30)14(3)4/h9-12H,1,3,5-8H2,2,4H3. The quantitative estimate of drug-likeness (QED) is 0.157. The molecule has 2 rings (SSSR count). The van der Waals surface area contributed by atoms with Gasteiger partial charge >= 0.3 is 0 Å². The van der Waals surface area contributed by atoms with Crippen LogP contribution in [-0.2, 0) is 9.59 Å². The van der Waals surface area contributed by atoms with Crippen LogP contribution in [0.15, 0.2) is 76.3 Å². The van der Waals surface area contributed by atoms with Crippen molar-refractivity contribution in [3.05, 3.63) is 66.5 Å². The van der Waals surface area contributed by atoms with Crippen molar-refractivity contribution in [2.45, 2.75) is 23.6 Å². The van der Waals surface area contributed by atoms with E-state index in [-0.39, 0.29) is 10.2 Å². The van der Waals surface area contributed by atoms with Gasteiger partial charge in [-0.2, -0.15) is 0 Å². The highest BCUT2D eigenvalue weighted by Gasteiger charge is 2.14. The lowest BCUT2D eigenvalue weighted by atomic mass is 10.3. The van der Waals surface area contributed by atoms with E-state index in [2.05, 4.69) is 76.9 Å². The molecule has 0 atom stereocenters. The summed E-state index contributed by atoms with van der Waals surface area (Å²) in [6.07, 6.45) is 0. The molecule has 0 aliphatic carbocycles. The molecule has 0 radical (unpaired) electrons. The Morgan fingerprint density at radius 3 is 1.31 bits per heavy atom. The van der Waals surface area contributed by atoms with Crippen molar-refractivity contribution in [2.24, 2.45) is 0 Å². The van der Waals surface area contributed by atoms with Gasteiger partial charge in [0.05, 0.1) is 31.1 Å². The molecule has 188 valence electrons. The summed E-state index contributed by atoms with van der Waals surface area (Å²) < 4.78 is 15.0. The third-order valence-corrected chi connectivity index (χ3v) is 9.26. The van der Waals surface area contributed by atoms with Crippen LogP contribution < -0.4 is 9.47 Å². The molecule has 0 aliphatic rings. The first-order valence-electron chi connectivity index (χ1n) is 10.1. The third-order valence-electron chi connectivity index (χ3n) is 4.00. The summed E-state index contributed by atoms with van der Waals surface area (Å²) >= 11 is 18.3. The molecule has 0 heterocycles. The first-order chi connectivity index (χ1) is 16.5. The van der Waals surface area contributed by atoms with Crippen molar-refractivity contribution in [1.29, 1.82) is 0 Å². The van der Waals surface area contributed by atoms with Gasteiger partial charge in [-0.25, -0.2) is 0 Å². The zero-order valence-corrected chi connectivity index (χ0v) is 27.7. The molecule has 0 fully saturated rings. The number of ether oxygens (including phenoxy) is 2. The molecule has 0 saturated carbocycles. The molecule has 0 N–H and O–H groups in total. The number of benzene rings is 2. The second-order valence-corrected chi connectivity index (χ2v) is 13.8. The van der Waals surface area contributed by atoms with E-state index >= 15 is 0 Å². The maximum absolute atomic E-state index is 11.6. The maximum atomic E-state index is 11.6. The Kier molecular flexibility index (Phi) is 13.6. The van der Waals surface area contributed by atoms with Crippen LogP contribution in [0.3, 0.4) is 0 Å². The zero-order valence-electron chi connectivity index (χ0n) is 18.9. The predicted octanol–water partition coefficient (Wildman–Crippen LogP) is 9.32. The maximum Gasteiger partial charge on any atom is 0.214 e. The first-order valence-corrected chi connectivity index (χ1v) is 16.0. The molecular weight excluding hydrogens is 768 g/mol. The van der Waals surface area contributed by atoms with E-state index in [0.717, 1.165) is 27.7 Å². The van der Waals surface area contributed by atoms with E-state index in [1.165, 1.54) is 23.5 Å². The molecule has 0 bridgehead atoms. The van der Waals surface area contributed by atoms with Gasteiger partial charge in [0.2, 0.25) is 10.2 Å². The number of rotatable bonds is 12. The van der Waals surface area contributed by atoms with Crippen LogP contribution in [-0.4, -0.2) is 35.0 Å². The zero-order chi connectivity index (χ0) is 26.1. The van der Waals surface area contributed by atoms with Gasteiger partial charge < -0.3 is 9.47 Å². The minimum absolute atomic E-state index is 0.0241. The number of halogens is 4. The lowest BCUT2D eigenvalue weighted by Gasteiger charge is -2.14. The molecule has 0 unspecified atom stereocenters. The Morgan fingerprint density at radius 1 is 0.714 bits per heavy atom. The van der Waals surface area contributed by atoms with Crippen LogP contribution in [0.2, 0.25) is 0 Å². The Hall–Kier alpha value is -0.170. The van der Waals surface area contributed by atoms with Crippen LogP contribution >= 0.6 is 99.0 Å². The van der Waals surface area contributed by atoms with Crippen molar-refractivity contribution >= 4 is 109 Å². The Balaban J connectivity index is 1.99. The lowest BCUT2D eigenvalue weighted by Crippen LogP contribution is -2.04. The summed E-state index contributed by atoms with van der Waals surface area (Å²) in [6, 6.07) is 7.94. The molecule has 35 heavy (non-hydrogen) atoms. The van der Waals surface area contributed by atoms with E-state index in [0.29, 0.717) is 47.4 Å². The van der Waals surface area contributed by atoms with Crippen LogP contribution in [0.1, 0.15) is 13.8 Å². The number of hydrogen-bond donors (Lipinski definition) is 0. The second kappa shape index (κ2) is 15.3. The minimum Gasteiger partial charge on any atom is -0.490 e. The van der Waals surface area contributed by atoms with E-state index in [1.807, 2.05) is 24.3 Å². The fourth-order valence-electron chi connectivity index (χ4n) is 2.41. The van der Waals surface area contributed by atoms with E-state index < -0.39 is 0 Å². The van der Waals surface area contributed by atoms with Crippen LogP contribution in [0.4, 0.5) is 0 Å². The summed E-state index contributed by atoms with van der Waals surface area (Å²) in [5.41, 5.74) is 1.07. The van der Waals surface area contributed by atoms with Crippen LogP contribution in [0.5, 0.6) is 11.5 Å². The molecule has 0 saturated heterocycles. The molecule has 0 spiro atoms. The highest BCUT2D eigenvalue weighted by Crippen LogP contribution is 2.43. The Bertz CT molecular complexity index is 1000. The van der Waals surface area contributed by atoms with Gasteiger partial charge in [-0.05, 0) is 113 Å². The van der Waals surface area contributed by atoms with Crippen LogP contribution in [0.25, 0.3) is 0 Å². The molecular formula is C24H22Br4O4S3. The van der Waals surface area contributed by atoms with E-state index in [1.54, 1.807) is 25.6 Å². The molecule has 0 aliphatic heterocycles. The van der Waals surface area contributed by atoms with Gasteiger partial charge in [0.15, 0.2) is 0 Å². The predicted molar refractivity (Wildman–Crippen MR) is 163 cm³/mol. The number of hydrogen-bond acceptors (Lipinski definition) is 7. The molecule has 2 aromatic rings. The number of carbonyl (C=O) groups excluding carboxylic acids is 2. The van der Waals surface area contributed by atoms with Crippen molar-refractivity contribution in [3.63, 3.8) is 0 Å². The fourth-order valence-corrected chi connectivity index (χ4v) is 8.02. The average molecular weight is 790 g/mol. The summed E-state index contributed by atoms with van der Waals surface area (Å²) in [4.78, 5) is 25.3. The van der Waals surface area contributed by atoms with Crippen molar-refractivity contribution in [2.75, 3.05) is 24.7 Å². The molecule has 4 nitrogen and oxygen atoms in total. The number of thioether (sulfide) groups is 2. The SMILES string of the molecule is C=C(C)C(=O)SCCOc1c(Br)cc(Sc2cc(Br)c(OCCSC(=O)C(=C)C)c(Br)c2)cc1Br. The largest absolute Gasteiger partial charge is 0.490 e. The average Bonchev–Trinajstić information content (AvgIpc) is 2.76. The lowest BCUT2D eigenvalue weighted by molar-refractivity contribution is -0.108. The molecule has 11 heteroatoms. The highest BCUT2D eigenvalue weighted by molar-refractivity contribution is 9.11. The summed E-state index contributed by atoms with van der Waals surface area (Å²) in [5.74, 6) is 2.46. The van der Waals surface area contributed by atoms with Gasteiger partial charge in [0.25, 0.3) is 0 Å². The van der Waals surface area contributed by atoms with Gasteiger partial charge in [0.1, 0.15) is 11.5 Å². The van der Waals surface area contributed by atoms with Gasteiger partial charge in [-0.15, -0.1) is 0 Å². The topological polar surface area (TPSA) is 52.6 Å². The second-order valence-electron chi connectivity index (χ2n) is 7.06. The van der Waals surface area contributed by atoms with Crippen molar-refractivity contribution < 1.29 is 19.1 Å². The summed E-state index contributed by atoms with van der Waals surface area (Å²) in [7, 11) is 0. The van der Waals surface area contributed by atoms with Gasteiger partial charge in [0, 0.05) is 21.3 Å². The number of carbonyl (C=O) groups is 2. The van der Waals surface area contributed by atoms with Gasteiger partial charge in [-0.3, -0.25) is 9.59 Å². The van der Waals surface area contributed by atoms with Gasteiger partial charge in [-0.1, -0.05) is 48.4 Å². The Morgan fingerprint density at radius 2 is 1.03 bits per heavy atom. The first kappa shape index (κ1) is 31.1. The highest BCUT2D eigenvalue weighted by atomic mass is 79.9. The van der Waals surface area contributed by atoms with E-state index in [9.17, 15) is 9.59 Å².